The van der Waals surface area contributed by atoms with Gasteiger partial charge in [0.15, 0.2) is 6.04 Å². The van der Waals surface area contributed by atoms with Gasteiger partial charge in [0.1, 0.15) is 12.4 Å². The molecule has 2 aliphatic rings. The van der Waals surface area contributed by atoms with Crippen molar-refractivity contribution in [1.29, 1.82) is 0 Å². The number of aliphatic imine (C=N–C) groups is 3. The van der Waals surface area contributed by atoms with Crippen LogP contribution in [0.25, 0.3) is 0 Å². The molecule has 1 atom stereocenters. The highest BCUT2D eigenvalue weighted by Gasteiger charge is 2.35. The molecule has 1 unspecified atom stereocenters. The Balaban J connectivity index is 2.27. The van der Waals surface area contributed by atoms with Gasteiger partial charge in [-0.2, -0.15) is 9.98 Å². The van der Waals surface area contributed by atoms with Gasteiger partial charge in [-0.15, -0.1) is 0 Å². The minimum absolute atomic E-state index is 0.174. The van der Waals surface area contributed by atoms with Crippen molar-refractivity contribution in [1.82, 2.24) is 4.90 Å². The van der Waals surface area contributed by atoms with Gasteiger partial charge in [0.05, 0.1) is 6.34 Å². The second kappa shape index (κ2) is 3.15. The third kappa shape index (κ3) is 1.56. The molecule has 0 bridgehead atoms. The lowest BCUT2D eigenvalue weighted by molar-refractivity contribution is -0.136. The molecule has 1 amide bonds. The largest absolute Gasteiger partial charge is 0.480 e. The fraction of sp³-hybridized carbons (Fsp3) is 0.286. The highest BCUT2D eigenvalue weighted by Crippen LogP contribution is 2.12. The maximum atomic E-state index is 11.3. The highest BCUT2D eigenvalue weighted by molar-refractivity contribution is 6.22. The van der Waals surface area contributed by atoms with E-state index in [1.807, 2.05) is 0 Å². The van der Waals surface area contributed by atoms with Crippen LogP contribution in [0.2, 0.25) is 0 Å². The van der Waals surface area contributed by atoms with Gasteiger partial charge >= 0.3 is 5.97 Å². The number of rotatable bonds is 2. The van der Waals surface area contributed by atoms with Gasteiger partial charge in [0.2, 0.25) is 5.96 Å². The number of guanidine groups is 1. The Bertz CT molecular complexity index is 424. The van der Waals surface area contributed by atoms with Crippen LogP contribution in [0, 0.1) is 0 Å². The summed E-state index contributed by atoms with van der Waals surface area (Å²) in [7, 11) is 0. The number of hydrogen-bond donors (Lipinski definition) is 2. The zero-order chi connectivity index (χ0) is 11.0. The minimum atomic E-state index is -1.04. The van der Waals surface area contributed by atoms with Crippen molar-refractivity contribution in [3.8, 4) is 0 Å². The van der Waals surface area contributed by atoms with E-state index in [2.05, 4.69) is 15.0 Å². The van der Waals surface area contributed by atoms with Crippen LogP contribution >= 0.6 is 0 Å². The predicted octanol–water partition coefficient (Wildman–Crippen LogP) is -1.96. The second-order valence-corrected chi connectivity index (χ2v) is 2.97. The number of aliphatic carboxylic acids is 1. The van der Waals surface area contributed by atoms with Gasteiger partial charge < -0.3 is 15.7 Å². The molecule has 2 aliphatic heterocycles. The molecule has 3 N–H and O–H groups in total. The summed E-state index contributed by atoms with van der Waals surface area (Å²) >= 11 is 0. The molecule has 0 radical (unpaired) electrons. The third-order valence-corrected chi connectivity index (χ3v) is 1.89. The Morgan fingerprint density at radius 2 is 2.33 bits per heavy atom. The Morgan fingerprint density at radius 3 is 3.00 bits per heavy atom. The molecule has 0 aromatic carbocycles. The summed E-state index contributed by atoms with van der Waals surface area (Å²) < 4.78 is 0. The number of fused-ring (bicyclic) bond motifs is 1. The predicted molar refractivity (Wildman–Crippen MR) is 50.7 cm³/mol. The molecule has 0 aromatic heterocycles. The van der Waals surface area contributed by atoms with Crippen LogP contribution in [0.5, 0.6) is 0 Å². The monoisotopic (exact) mass is 209 g/mol. The van der Waals surface area contributed by atoms with Crippen molar-refractivity contribution in [2.45, 2.75) is 6.04 Å². The lowest BCUT2D eigenvalue weighted by Gasteiger charge is -2.17. The number of nitrogens with two attached hydrogens (primary N) is 1. The first-order chi connectivity index (χ1) is 7.08. The van der Waals surface area contributed by atoms with Crippen LogP contribution in [-0.4, -0.2) is 52.6 Å². The highest BCUT2D eigenvalue weighted by atomic mass is 16.4. The van der Waals surface area contributed by atoms with Crippen LogP contribution in [-0.2, 0) is 9.59 Å². The van der Waals surface area contributed by atoms with E-state index >= 15 is 0 Å². The van der Waals surface area contributed by atoms with E-state index in [-0.39, 0.29) is 18.3 Å². The van der Waals surface area contributed by atoms with Gasteiger partial charge in [-0.05, 0) is 0 Å². The van der Waals surface area contributed by atoms with E-state index in [0.717, 1.165) is 0 Å². The van der Waals surface area contributed by atoms with Crippen LogP contribution in [0.4, 0.5) is 0 Å². The molecule has 0 spiro atoms. The van der Waals surface area contributed by atoms with E-state index in [9.17, 15) is 9.59 Å². The number of hydrogen-bond acceptors (Lipinski definition) is 6. The Hall–Kier alpha value is -2.25. The molecular formula is C7H7N5O3. The zero-order valence-electron chi connectivity index (χ0n) is 7.49. The van der Waals surface area contributed by atoms with Crippen LogP contribution in [0.15, 0.2) is 15.0 Å². The van der Waals surface area contributed by atoms with Gasteiger partial charge in [0.25, 0.3) is 5.91 Å². The maximum absolute atomic E-state index is 11.3. The fourth-order valence-electron chi connectivity index (χ4n) is 1.31. The molecule has 15 heavy (non-hydrogen) atoms. The number of nitrogens with zero attached hydrogens (tertiary/aromatic N) is 4. The smallest absolute Gasteiger partial charge is 0.323 e. The average molecular weight is 209 g/mol. The summed E-state index contributed by atoms with van der Waals surface area (Å²) in [5.74, 6) is -1.53. The first kappa shape index (κ1) is 9.31. The number of amidine groups is 1. The van der Waals surface area contributed by atoms with E-state index in [0.29, 0.717) is 0 Å². The first-order valence-electron chi connectivity index (χ1n) is 4.06. The Labute approximate surface area is 83.8 Å². The second-order valence-electron chi connectivity index (χ2n) is 2.97. The van der Waals surface area contributed by atoms with Crippen LogP contribution in [0.1, 0.15) is 0 Å². The molecule has 0 aliphatic carbocycles. The number of carbonyl (C=O) groups is 2. The molecule has 2 rings (SSSR count). The molecule has 0 fully saturated rings. The SMILES string of the molecule is NC1=NC(=O)C2N=CN(CC(=O)O)C2=N1. The van der Waals surface area contributed by atoms with Crippen molar-refractivity contribution in [2.75, 3.05) is 6.54 Å². The zero-order valence-corrected chi connectivity index (χ0v) is 7.49. The summed E-state index contributed by atoms with van der Waals surface area (Å²) in [4.78, 5) is 34.0. The van der Waals surface area contributed by atoms with Gasteiger partial charge in [-0.3, -0.25) is 14.6 Å². The topological polar surface area (TPSA) is 121 Å². The minimum Gasteiger partial charge on any atom is -0.480 e. The molecule has 0 saturated heterocycles. The fourth-order valence-corrected chi connectivity index (χ4v) is 1.31. The lowest BCUT2D eigenvalue weighted by Crippen LogP contribution is -2.41. The average Bonchev–Trinajstić information content (AvgIpc) is 2.48. The normalized spacial score (nSPS) is 23.6. The summed E-state index contributed by atoms with van der Waals surface area (Å²) in [6.07, 6.45) is 1.25. The van der Waals surface area contributed by atoms with Crippen molar-refractivity contribution < 1.29 is 14.7 Å². The van der Waals surface area contributed by atoms with Crippen molar-refractivity contribution in [3.05, 3.63) is 0 Å². The summed E-state index contributed by atoms with van der Waals surface area (Å²) in [5, 5.41) is 8.59. The van der Waals surface area contributed by atoms with E-state index < -0.39 is 17.9 Å². The van der Waals surface area contributed by atoms with Gasteiger partial charge in [-0.1, -0.05) is 0 Å². The van der Waals surface area contributed by atoms with E-state index in [1.165, 1.54) is 11.2 Å². The van der Waals surface area contributed by atoms with Crippen molar-refractivity contribution in [3.63, 3.8) is 0 Å². The van der Waals surface area contributed by atoms with Crippen LogP contribution < -0.4 is 5.73 Å². The van der Waals surface area contributed by atoms with Crippen LogP contribution in [0.3, 0.4) is 0 Å². The number of carbonyl (C=O) groups excluding carboxylic acids is 1. The molecular weight excluding hydrogens is 202 g/mol. The molecule has 8 nitrogen and oxygen atoms in total. The van der Waals surface area contributed by atoms with Gasteiger partial charge in [0, 0.05) is 0 Å². The molecule has 8 heteroatoms. The van der Waals surface area contributed by atoms with Crippen molar-refractivity contribution >= 4 is 30.0 Å². The number of amides is 1. The third-order valence-electron chi connectivity index (χ3n) is 1.89. The summed E-state index contributed by atoms with van der Waals surface area (Å²) in [5.41, 5.74) is 5.29. The first-order valence-corrected chi connectivity index (χ1v) is 4.06. The van der Waals surface area contributed by atoms with E-state index in [1.54, 1.807) is 0 Å². The Morgan fingerprint density at radius 1 is 1.60 bits per heavy atom. The molecule has 0 aromatic rings. The molecule has 2 heterocycles. The number of carboxylic acid groups (broad SMARTS) is 1. The Kier molecular flexibility index (Phi) is 1.96. The lowest BCUT2D eigenvalue weighted by atomic mass is 10.2. The van der Waals surface area contributed by atoms with Crippen molar-refractivity contribution in [2.24, 2.45) is 20.7 Å². The summed E-state index contributed by atoms with van der Waals surface area (Å²) in [6.45, 7) is -0.306. The molecule has 0 saturated carbocycles. The number of carboxylic acids is 1. The standard InChI is InChI=1S/C7H7N5O3/c8-7-10-5-4(6(15)11-7)9-2-12(5)1-3(13)14/h2,4H,1H2,(H,13,14)(H2,8,11,15). The quantitative estimate of drug-likeness (QED) is 0.546. The van der Waals surface area contributed by atoms with Gasteiger partial charge in [-0.25, -0.2) is 0 Å². The maximum Gasteiger partial charge on any atom is 0.323 e. The molecule has 78 valence electrons. The van der Waals surface area contributed by atoms with E-state index in [4.69, 9.17) is 10.8 Å². The summed E-state index contributed by atoms with van der Waals surface area (Å²) in [6, 6.07) is -0.836.